The molecule has 1 unspecified atom stereocenters. The number of aliphatic hydroxyl groups is 1. The van der Waals surface area contributed by atoms with Crippen LogP contribution in [-0.2, 0) is 10.0 Å². The van der Waals surface area contributed by atoms with E-state index in [4.69, 9.17) is 5.73 Å². The smallest absolute Gasteiger partial charge is 0.254 e. The molecule has 1 aromatic heterocycles. The van der Waals surface area contributed by atoms with Crippen molar-refractivity contribution in [3.8, 4) is 11.3 Å². The number of hydrogen-bond donors (Lipinski definition) is 3. The molecule has 3 aromatic rings. The molecule has 1 aliphatic heterocycles. The Labute approximate surface area is 209 Å². The summed E-state index contributed by atoms with van der Waals surface area (Å²) in [6.07, 6.45) is 4.13. The lowest BCUT2D eigenvalue weighted by Gasteiger charge is -2.30. The van der Waals surface area contributed by atoms with Gasteiger partial charge >= 0.3 is 0 Å². The van der Waals surface area contributed by atoms with Crippen molar-refractivity contribution in [2.45, 2.75) is 24.8 Å². The molecule has 0 saturated carbocycles. The van der Waals surface area contributed by atoms with Crippen molar-refractivity contribution in [2.24, 2.45) is 0 Å². The number of halogens is 1. The molecule has 0 bridgehead atoms. The molecule has 9 nitrogen and oxygen atoms in total. The van der Waals surface area contributed by atoms with Crippen molar-refractivity contribution in [3.63, 3.8) is 0 Å². The van der Waals surface area contributed by atoms with Crippen LogP contribution in [0.15, 0.2) is 54.7 Å². The van der Waals surface area contributed by atoms with Crippen LogP contribution in [0.1, 0.15) is 46.4 Å². The second kappa shape index (κ2) is 10.7. The second-order valence-corrected chi connectivity index (χ2v) is 10.8. The monoisotopic (exact) mass is 513 g/mol. The summed E-state index contributed by atoms with van der Waals surface area (Å²) in [6, 6.07) is 12.2. The van der Waals surface area contributed by atoms with Crippen molar-refractivity contribution in [1.82, 2.24) is 19.6 Å². The average molecular weight is 514 g/mol. The third-order valence-electron chi connectivity index (χ3n) is 6.27. The van der Waals surface area contributed by atoms with Crippen molar-refractivity contribution in [2.75, 3.05) is 31.7 Å². The Morgan fingerprint density at radius 2 is 2.03 bits per heavy atom. The van der Waals surface area contributed by atoms with Crippen LogP contribution in [-0.4, -0.2) is 59.7 Å². The second-order valence-electron chi connectivity index (χ2n) is 8.80. The van der Waals surface area contributed by atoms with Crippen molar-refractivity contribution >= 4 is 21.7 Å². The summed E-state index contributed by atoms with van der Waals surface area (Å²) in [5, 5.41) is 12.3. The summed E-state index contributed by atoms with van der Waals surface area (Å²) < 4.78 is 40.4. The van der Waals surface area contributed by atoms with Gasteiger partial charge in [-0.25, -0.2) is 27.1 Å². The number of carbonyl (C=O) groups excluding carboxylic acids is 1. The Bertz CT molecular complexity index is 1350. The third-order valence-corrected chi connectivity index (χ3v) is 7.54. The normalized spacial score (nSPS) is 17.5. The van der Waals surface area contributed by atoms with Gasteiger partial charge in [0.15, 0.2) is 0 Å². The minimum absolute atomic E-state index is 0.0931. The first-order valence-electron chi connectivity index (χ1n) is 11.5. The number of nitrogen functional groups attached to an aromatic ring is 1. The SMILES string of the molecule is CS(=O)(=O)N1CCCC(c2cnc(N)c(-c3ccc(C(=O)N[C@H](CO)c4ccccc4)c(F)c3)n2)C1. The molecule has 0 radical (unpaired) electrons. The van der Waals surface area contributed by atoms with Gasteiger partial charge in [0.1, 0.15) is 17.3 Å². The van der Waals surface area contributed by atoms with Crippen molar-refractivity contribution < 1.29 is 22.7 Å². The molecule has 36 heavy (non-hydrogen) atoms. The minimum Gasteiger partial charge on any atom is -0.394 e. The van der Waals surface area contributed by atoms with E-state index >= 15 is 4.39 Å². The average Bonchev–Trinajstić information content (AvgIpc) is 2.87. The number of sulfonamides is 1. The van der Waals surface area contributed by atoms with Crippen LogP contribution < -0.4 is 11.1 Å². The summed E-state index contributed by atoms with van der Waals surface area (Å²) >= 11 is 0. The number of piperidine rings is 1. The van der Waals surface area contributed by atoms with Gasteiger partial charge < -0.3 is 16.2 Å². The molecule has 4 rings (SSSR count). The standard InChI is InChI=1S/C25H28FN5O4S/c1-36(34,35)31-11-5-8-18(14-31)21-13-28-24(27)23(29-21)17-9-10-19(20(26)12-17)25(33)30-22(15-32)16-6-3-2-4-7-16/h2-4,6-7,9-10,12-13,18,22,32H,5,8,11,14-15H2,1H3,(H2,27,28)(H,30,33)/t18?,22-/m1/s1. The van der Waals surface area contributed by atoms with E-state index in [1.165, 1.54) is 35.0 Å². The lowest BCUT2D eigenvalue weighted by Crippen LogP contribution is -2.38. The Kier molecular flexibility index (Phi) is 7.62. The number of aliphatic hydroxyl groups excluding tert-OH is 1. The van der Waals surface area contributed by atoms with Gasteiger partial charge in [0.05, 0.1) is 36.4 Å². The van der Waals surface area contributed by atoms with Gasteiger partial charge in [-0.3, -0.25) is 4.79 Å². The molecule has 0 aliphatic carbocycles. The van der Waals surface area contributed by atoms with E-state index in [-0.39, 0.29) is 36.1 Å². The number of benzene rings is 2. The van der Waals surface area contributed by atoms with E-state index in [1.54, 1.807) is 24.3 Å². The van der Waals surface area contributed by atoms with Crippen LogP contribution in [0.2, 0.25) is 0 Å². The third kappa shape index (κ3) is 5.69. The zero-order valence-corrected chi connectivity index (χ0v) is 20.6. The first-order valence-corrected chi connectivity index (χ1v) is 13.4. The number of carbonyl (C=O) groups is 1. The summed E-state index contributed by atoms with van der Waals surface area (Å²) in [7, 11) is -3.33. The minimum atomic E-state index is -3.33. The van der Waals surface area contributed by atoms with Gasteiger partial charge in [0, 0.05) is 24.6 Å². The molecule has 190 valence electrons. The van der Waals surface area contributed by atoms with Crippen LogP contribution >= 0.6 is 0 Å². The number of nitrogens with one attached hydrogen (secondary N) is 1. The summed E-state index contributed by atoms with van der Waals surface area (Å²) in [5.74, 6) is -1.51. The van der Waals surface area contributed by atoms with E-state index in [0.29, 0.717) is 29.8 Å². The van der Waals surface area contributed by atoms with Crippen LogP contribution in [0.5, 0.6) is 0 Å². The van der Waals surface area contributed by atoms with Gasteiger partial charge in [-0.1, -0.05) is 36.4 Å². The maximum Gasteiger partial charge on any atom is 0.254 e. The van der Waals surface area contributed by atoms with Gasteiger partial charge in [0.25, 0.3) is 5.91 Å². The molecule has 0 spiro atoms. The molecule has 2 aromatic carbocycles. The zero-order valence-electron chi connectivity index (χ0n) is 19.8. The fourth-order valence-corrected chi connectivity index (χ4v) is 5.22. The predicted octanol–water partition coefficient (Wildman–Crippen LogP) is 2.47. The van der Waals surface area contributed by atoms with E-state index in [2.05, 4.69) is 15.3 Å². The molecule has 2 atom stereocenters. The topological polar surface area (TPSA) is 139 Å². The maximum atomic E-state index is 15.0. The number of rotatable bonds is 7. The first-order chi connectivity index (χ1) is 17.2. The Hall–Kier alpha value is -3.41. The number of nitrogens with two attached hydrogens (primary N) is 1. The molecule has 2 heterocycles. The molecular weight excluding hydrogens is 485 g/mol. The molecule has 1 fully saturated rings. The number of aromatic nitrogens is 2. The lowest BCUT2D eigenvalue weighted by atomic mass is 9.96. The van der Waals surface area contributed by atoms with Crippen LogP contribution in [0, 0.1) is 5.82 Å². The Morgan fingerprint density at radius 1 is 1.28 bits per heavy atom. The van der Waals surface area contributed by atoms with Gasteiger partial charge in [-0.05, 0) is 30.5 Å². The highest BCUT2D eigenvalue weighted by atomic mass is 32.2. The quantitative estimate of drug-likeness (QED) is 0.441. The Balaban J connectivity index is 1.56. The van der Waals surface area contributed by atoms with E-state index in [0.717, 1.165) is 6.42 Å². The van der Waals surface area contributed by atoms with Gasteiger partial charge in [-0.2, -0.15) is 0 Å². The van der Waals surface area contributed by atoms with E-state index < -0.39 is 27.8 Å². The maximum absolute atomic E-state index is 15.0. The van der Waals surface area contributed by atoms with Crippen LogP contribution in [0.25, 0.3) is 11.3 Å². The van der Waals surface area contributed by atoms with Crippen LogP contribution in [0.3, 0.4) is 0 Å². The summed E-state index contributed by atoms with van der Waals surface area (Å²) in [5.41, 5.74) is 7.71. The largest absolute Gasteiger partial charge is 0.394 e. The molecule has 1 saturated heterocycles. The number of amides is 1. The first kappa shape index (κ1) is 25.7. The highest BCUT2D eigenvalue weighted by Crippen LogP contribution is 2.30. The van der Waals surface area contributed by atoms with E-state index in [1.807, 2.05) is 6.07 Å². The number of hydrogen-bond acceptors (Lipinski definition) is 7. The summed E-state index contributed by atoms with van der Waals surface area (Å²) in [6.45, 7) is 0.408. The van der Waals surface area contributed by atoms with E-state index in [9.17, 15) is 18.3 Å². The van der Waals surface area contributed by atoms with Gasteiger partial charge in [-0.15, -0.1) is 0 Å². The van der Waals surface area contributed by atoms with Crippen LogP contribution in [0.4, 0.5) is 10.2 Å². The molecule has 1 aliphatic rings. The zero-order chi connectivity index (χ0) is 25.9. The molecule has 4 N–H and O–H groups in total. The van der Waals surface area contributed by atoms with Gasteiger partial charge in [0.2, 0.25) is 10.0 Å². The fourth-order valence-electron chi connectivity index (χ4n) is 4.31. The highest BCUT2D eigenvalue weighted by molar-refractivity contribution is 7.88. The molecule has 1 amide bonds. The number of anilines is 1. The number of nitrogens with zero attached hydrogens (tertiary/aromatic N) is 3. The Morgan fingerprint density at radius 3 is 2.69 bits per heavy atom. The van der Waals surface area contributed by atoms with Crippen molar-refractivity contribution in [1.29, 1.82) is 0 Å². The lowest BCUT2D eigenvalue weighted by molar-refractivity contribution is 0.0912. The molecule has 11 heteroatoms. The summed E-state index contributed by atoms with van der Waals surface area (Å²) in [4.78, 5) is 21.5. The van der Waals surface area contributed by atoms with Crippen molar-refractivity contribution in [3.05, 3.63) is 77.4 Å². The fraction of sp³-hybridized carbons (Fsp3) is 0.320. The predicted molar refractivity (Wildman–Crippen MR) is 134 cm³/mol. The molecular formula is C25H28FN5O4S. The highest BCUT2D eigenvalue weighted by Gasteiger charge is 2.28.